The van der Waals surface area contributed by atoms with Gasteiger partial charge in [-0.05, 0) is 13.0 Å². The summed E-state index contributed by atoms with van der Waals surface area (Å²) in [5, 5.41) is 15.7. The number of hydrogen-bond donors (Lipinski definition) is 0. The van der Waals surface area contributed by atoms with Gasteiger partial charge in [-0.1, -0.05) is 23.7 Å². The Morgan fingerprint density at radius 1 is 1.52 bits per heavy atom. The summed E-state index contributed by atoms with van der Waals surface area (Å²) in [6, 6.07) is 5.65. The maximum absolute atomic E-state index is 11.9. The van der Waals surface area contributed by atoms with Crippen LogP contribution < -0.4 is 5.01 Å². The van der Waals surface area contributed by atoms with Crippen molar-refractivity contribution >= 4 is 40.4 Å². The molecular weight excluding hydrogens is 302 g/mol. The van der Waals surface area contributed by atoms with E-state index < -0.39 is 27.9 Å². The highest BCUT2D eigenvalue weighted by molar-refractivity contribution is 6.70. The van der Waals surface area contributed by atoms with Crippen molar-refractivity contribution in [2.24, 2.45) is 5.10 Å². The van der Waals surface area contributed by atoms with E-state index in [1.54, 1.807) is 6.92 Å². The summed E-state index contributed by atoms with van der Waals surface area (Å²) >= 11 is 5.91. The number of ether oxygens (including phenoxy) is 1. The number of halogens is 1. The first-order valence-electron chi connectivity index (χ1n) is 5.94. The summed E-state index contributed by atoms with van der Waals surface area (Å²) in [6.07, 6.45) is 0. The van der Waals surface area contributed by atoms with Gasteiger partial charge in [0.2, 0.25) is 11.5 Å². The molecule has 0 saturated heterocycles. The van der Waals surface area contributed by atoms with Crippen LogP contribution in [-0.2, 0) is 14.3 Å². The van der Waals surface area contributed by atoms with Gasteiger partial charge in [0.1, 0.15) is 5.69 Å². The number of benzene rings is 1. The van der Waals surface area contributed by atoms with E-state index >= 15 is 0 Å². The minimum atomic E-state index is -1.33. The number of esters is 1. The number of Topliss-reactive ketones (excluding diaryl/α,β-unsaturated/α-hetero) is 1. The fourth-order valence-electron chi connectivity index (χ4n) is 1.76. The Balaban J connectivity index is 2.43. The lowest BCUT2D eigenvalue weighted by molar-refractivity contribution is -0.384. The minimum absolute atomic E-state index is 0.0233. The molecule has 0 aromatic heterocycles. The molecule has 1 aliphatic heterocycles. The van der Waals surface area contributed by atoms with E-state index in [4.69, 9.17) is 16.3 Å². The topological polar surface area (TPSA) is 102 Å². The van der Waals surface area contributed by atoms with Gasteiger partial charge in [0.15, 0.2) is 5.50 Å². The zero-order valence-electron chi connectivity index (χ0n) is 10.9. The van der Waals surface area contributed by atoms with E-state index in [2.05, 4.69) is 5.10 Å². The number of hydrogen-bond acceptors (Lipinski definition) is 7. The van der Waals surface area contributed by atoms with Crippen LogP contribution in [0.1, 0.15) is 6.92 Å². The van der Waals surface area contributed by atoms with Gasteiger partial charge in [-0.3, -0.25) is 14.9 Å². The maximum Gasteiger partial charge on any atom is 0.362 e. The highest BCUT2D eigenvalue weighted by atomic mass is 35.5. The third-order valence-corrected chi connectivity index (χ3v) is 3.05. The molecule has 21 heavy (non-hydrogen) atoms. The molecule has 0 fully saturated rings. The average Bonchev–Trinajstić information content (AvgIpc) is 2.75. The quantitative estimate of drug-likeness (QED) is 0.274. The normalized spacial score (nSPS) is 17.6. The molecule has 1 aromatic carbocycles. The van der Waals surface area contributed by atoms with Crippen LogP contribution in [0, 0.1) is 10.1 Å². The van der Waals surface area contributed by atoms with E-state index in [1.807, 2.05) is 0 Å². The van der Waals surface area contributed by atoms with Crippen molar-refractivity contribution in [3.05, 3.63) is 34.4 Å². The van der Waals surface area contributed by atoms with Gasteiger partial charge >= 0.3 is 5.97 Å². The van der Waals surface area contributed by atoms with Crippen molar-refractivity contribution in [1.29, 1.82) is 0 Å². The van der Waals surface area contributed by atoms with Crippen LogP contribution in [-0.4, -0.2) is 34.5 Å². The molecule has 0 aliphatic carbocycles. The lowest BCUT2D eigenvalue weighted by Crippen LogP contribution is -2.31. The Labute approximate surface area is 124 Å². The second-order valence-corrected chi connectivity index (χ2v) is 4.37. The number of rotatable bonds is 4. The van der Waals surface area contributed by atoms with Gasteiger partial charge in [-0.15, -0.1) is 0 Å². The fraction of sp³-hybridized carbons (Fsp3) is 0.250. The number of anilines is 1. The summed E-state index contributed by atoms with van der Waals surface area (Å²) < 4.78 is 4.70. The molecule has 9 heteroatoms. The monoisotopic (exact) mass is 311 g/mol. The molecule has 0 amide bonds. The van der Waals surface area contributed by atoms with Gasteiger partial charge in [-0.2, -0.15) is 5.10 Å². The van der Waals surface area contributed by atoms with Crippen molar-refractivity contribution in [2.45, 2.75) is 12.4 Å². The Morgan fingerprint density at radius 2 is 2.19 bits per heavy atom. The summed E-state index contributed by atoms with van der Waals surface area (Å²) in [7, 11) is 0. The number of nitrogens with zero attached hydrogens (tertiary/aromatic N) is 3. The molecule has 0 spiro atoms. The van der Waals surface area contributed by atoms with E-state index in [0.29, 0.717) is 0 Å². The predicted molar refractivity (Wildman–Crippen MR) is 74.3 cm³/mol. The van der Waals surface area contributed by atoms with E-state index in [1.165, 1.54) is 24.3 Å². The van der Waals surface area contributed by atoms with Gasteiger partial charge < -0.3 is 4.74 Å². The zero-order chi connectivity index (χ0) is 15.6. The first kappa shape index (κ1) is 14.9. The molecule has 0 bridgehead atoms. The summed E-state index contributed by atoms with van der Waals surface area (Å²) in [4.78, 5) is 33.9. The smallest absolute Gasteiger partial charge is 0.362 e. The highest BCUT2D eigenvalue weighted by Gasteiger charge is 2.41. The van der Waals surface area contributed by atoms with Crippen LogP contribution in [0.25, 0.3) is 0 Å². The molecule has 1 aromatic rings. The largest absolute Gasteiger partial charge is 0.461 e. The highest BCUT2D eigenvalue weighted by Crippen LogP contribution is 2.33. The minimum Gasteiger partial charge on any atom is -0.461 e. The second kappa shape index (κ2) is 5.88. The van der Waals surface area contributed by atoms with Crippen LogP contribution in [0.15, 0.2) is 29.4 Å². The van der Waals surface area contributed by atoms with Crippen LogP contribution in [0.4, 0.5) is 11.4 Å². The van der Waals surface area contributed by atoms with Crippen molar-refractivity contribution < 1.29 is 19.2 Å². The number of carbonyl (C=O) groups is 2. The van der Waals surface area contributed by atoms with Crippen LogP contribution in [0.5, 0.6) is 0 Å². The first-order valence-corrected chi connectivity index (χ1v) is 6.37. The van der Waals surface area contributed by atoms with Gasteiger partial charge in [-0.25, -0.2) is 9.80 Å². The SMILES string of the molecule is CCOC(=O)C1=NN(c2ccccc2[N+](=O)[O-])C(Cl)C1=O. The maximum atomic E-state index is 11.9. The third kappa shape index (κ3) is 2.70. The Morgan fingerprint density at radius 3 is 2.81 bits per heavy atom. The van der Waals surface area contributed by atoms with Crippen molar-refractivity contribution in [2.75, 3.05) is 11.6 Å². The molecule has 0 saturated carbocycles. The lowest BCUT2D eigenvalue weighted by atomic mass is 10.2. The van der Waals surface area contributed by atoms with Gasteiger partial charge in [0.25, 0.3) is 5.69 Å². The second-order valence-electron chi connectivity index (χ2n) is 3.96. The number of alkyl halides is 1. The molecule has 1 heterocycles. The molecule has 1 unspecified atom stereocenters. The average molecular weight is 312 g/mol. The van der Waals surface area contributed by atoms with E-state index in [9.17, 15) is 19.7 Å². The Bertz CT molecular complexity index is 646. The van der Waals surface area contributed by atoms with E-state index in [-0.39, 0.29) is 18.0 Å². The standard InChI is InChI=1S/C12H10ClN3O5/c1-2-21-12(18)9-10(17)11(13)15(14-9)7-5-3-4-6-8(7)16(19)20/h3-6,11H,2H2,1H3. The van der Waals surface area contributed by atoms with Crippen molar-refractivity contribution in [3.8, 4) is 0 Å². The Hall–Kier alpha value is -2.48. The molecule has 8 nitrogen and oxygen atoms in total. The van der Waals surface area contributed by atoms with E-state index in [0.717, 1.165) is 5.01 Å². The molecule has 0 N–H and O–H groups in total. The van der Waals surface area contributed by atoms with Crippen LogP contribution in [0.2, 0.25) is 0 Å². The number of ketones is 1. The third-order valence-electron chi connectivity index (χ3n) is 2.67. The van der Waals surface area contributed by atoms with Crippen LogP contribution >= 0.6 is 11.6 Å². The predicted octanol–water partition coefficient (Wildman–Crippen LogP) is 1.47. The van der Waals surface area contributed by atoms with Gasteiger partial charge in [0, 0.05) is 6.07 Å². The number of para-hydroxylation sites is 2. The van der Waals surface area contributed by atoms with Crippen LogP contribution in [0.3, 0.4) is 0 Å². The van der Waals surface area contributed by atoms with Crippen molar-refractivity contribution in [3.63, 3.8) is 0 Å². The number of nitro benzene ring substituents is 1. The van der Waals surface area contributed by atoms with Crippen molar-refractivity contribution in [1.82, 2.24) is 0 Å². The fourth-order valence-corrected chi connectivity index (χ4v) is 2.01. The van der Waals surface area contributed by atoms with Gasteiger partial charge in [0.05, 0.1) is 11.5 Å². The number of hydrazone groups is 1. The summed E-state index contributed by atoms with van der Waals surface area (Å²) in [6.45, 7) is 1.65. The Kier molecular flexibility index (Phi) is 4.18. The zero-order valence-corrected chi connectivity index (χ0v) is 11.6. The number of nitro groups is 1. The molecule has 0 radical (unpaired) electrons. The summed E-state index contributed by atoms with van der Waals surface area (Å²) in [5.74, 6) is -1.66. The molecular formula is C12H10ClN3O5. The lowest BCUT2D eigenvalue weighted by Gasteiger charge is -2.16. The molecule has 1 aliphatic rings. The summed E-state index contributed by atoms with van der Waals surface area (Å²) in [5.41, 5.74) is -2.06. The first-order chi connectivity index (χ1) is 9.97. The number of carbonyl (C=O) groups excluding carboxylic acids is 2. The molecule has 1 atom stereocenters. The molecule has 110 valence electrons. The molecule has 2 rings (SSSR count).